The molecule has 0 heterocycles. The van der Waals surface area contributed by atoms with Gasteiger partial charge in [-0.05, 0) is 30.5 Å². The van der Waals surface area contributed by atoms with Crippen LogP contribution in [0.5, 0.6) is 0 Å². The summed E-state index contributed by atoms with van der Waals surface area (Å²) in [5.74, 6) is -1.44. The van der Waals surface area contributed by atoms with E-state index in [1.807, 2.05) is 6.07 Å². The van der Waals surface area contributed by atoms with Crippen molar-refractivity contribution in [2.45, 2.75) is 31.7 Å². The molecule has 1 aliphatic rings. The van der Waals surface area contributed by atoms with Crippen molar-refractivity contribution >= 4 is 23.5 Å². The number of hydrogen-bond acceptors (Lipinski definition) is 2. The number of halogens is 1. The van der Waals surface area contributed by atoms with E-state index in [-0.39, 0.29) is 18.4 Å². The maximum atomic E-state index is 11.9. The summed E-state index contributed by atoms with van der Waals surface area (Å²) in [6.45, 7) is 0. The van der Waals surface area contributed by atoms with Gasteiger partial charge in [-0.2, -0.15) is 0 Å². The summed E-state index contributed by atoms with van der Waals surface area (Å²) in [6.07, 6.45) is 2.44. The van der Waals surface area contributed by atoms with E-state index < -0.39 is 11.9 Å². The molecule has 2 atom stereocenters. The lowest BCUT2D eigenvalue weighted by atomic mass is 10.0. The molecule has 0 radical (unpaired) electrons. The second-order valence-corrected chi connectivity index (χ2v) is 5.29. The van der Waals surface area contributed by atoms with E-state index in [0.29, 0.717) is 11.4 Å². The van der Waals surface area contributed by atoms with Crippen LogP contribution >= 0.6 is 11.6 Å². The van der Waals surface area contributed by atoms with Gasteiger partial charge in [0.25, 0.3) is 0 Å². The monoisotopic (exact) mass is 281 g/mol. The summed E-state index contributed by atoms with van der Waals surface area (Å²) in [5.41, 5.74) is 0.829. The van der Waals surface area contributed by atoms with Crippen molar-refractivity contribution in [1.29, 1.82) is 0 Å². The number of carbonyl (C=O) groups is 2. The van der Waals surface area contributed by atoms with Gasteiger partial charge in [0.05, 0.1) is 12.3 Å². The third-order valence-corrected chi connectivity index (χ3v) is 3.67. The molecule has 19 heavy (non-hydrogen) atoms. The van der Waals surface area contributed by atoms with Crippen molar-refractivity contribution in [2.75, 3.05) is 0 Å². The van der Waals surface area contributed by atoms with Crippen LogP contribution < -0.4 is 5.32 Å². The summed E-state index contributed by atoms with van der Waals surface area (Å²) in [4.78, 5) is 22.9. The molecule has 0 bridgehead atoms. The number of carboxylic acid groups (broad SMARTS) is 1. The summed E-state index contributed by atoms with van der Waals surface area (Å²) in [7, 11) is 0. The van der Waals surface area contributed by atoms with E-state index in [1.165, 1.54) is 0 Å². The van der Waals surface area contributed by atoms with Gasteiger partial charge < -0.3 is 10.4 Å². The predicted molar refractivity (Wildman–Crippen MR) is 72.1 cm³/mol. The number of rotatable bonds is 4. The van der Waals surface area contributed by atoms with Gasteiger partial charge in [-0.25, -0.2) is 0 Å². The van der Waals surface area contributed by atoms with Crippen molar-refractivity contribution < 1.29 is 14.7 Å². The fourth-order valence-electron chi connectivity index (χ4n) is 2.52. The molecule has 1 amide bonds. The lowest BCUT2D eigenvalue weighted by molar-refractivity contribution is -0.142. The Labute approximate surface area is 116 Å². The quantitative estimate of drug-likeness (QED) is 0.889. The first-order valence-corrected chi connectivity index (χ1v) is 6.70. The van der Waals surface area contributed by atoms with Gasteiger partial charge in [0, 0.05) is 11.1 Å². The lowest BCUT2D eigenvalue weighted by Gasteiger charge is -2.17. The number of benzene rings is 1. The Bertz CT molecular complexity index is 489. The molecular formula is C14H16ClNO3. The van der Waals surface area contributed by atoms with E-state index in [9.17, 15) is 9.59 Å². The predicted octanol–water partition coefficient (Wildman–Crippen LogP) is 2.25. The van der Waals surface area contributed by atoms with Gasteiger partial charge in [-0.3, -0.25) is 9.59 Å². The molecule has 4 nitrogen and oxygen atoms in total. The molecule has 1 saturated carbocycles. The maximum absolute atomic E-state index is 11.9. The fourth-order valence-corrected chi connectivity index (χ4v) is 2.73. The highest BCUT2D eigenvalue weighted by molar-refractivity contribution is 6.30. The summed E-state index contributed by atoms with van der Waals surface area (Å²) >= 11 is 5.85. The largest absolute Gasteiger partial charge is 0.481 e. The average Bonchev–Trinajstić information content (AvgIpc) is 2.76. The number of carbonyl (C=O) groups excluding carboxylic acids is 1. The normalized spacial score (nSPS) is 22.2. The third kappa shape index (κ3) is 3.70. The zero-order valence-electron chi connectivity index (χ0n) is 10.4. The van der Waals surface area contributed by atoms with E-state index in [0.717, 1.165) is 18.4 Å². The SMILES string of the molecule is O=C(Cc1cccc(Cl)c1)NC1CCCC1C(=O)O. The first kappa shape index (κ1) is 13.9. The molecule has 1 aliphatic carbocycles. The average molecular weight is 282 g/mol. The Morgan fingerprint density at radius 2 is 2.16 bits per heavy atom. The molecule has 5 heteroatoms. The van der Waals surface area contributed by atoms with Crippen molar-refractivity contribution in [2.24, 2.45) is 5.92 Å². The Balaban J connectivity index is 1.92. The highest BCUT2D eigenvalue weighted by atomic mass is 35.5. The highest BCUT2D eigenvalue weighted by Crippen LogP contribution is 2.25. The van der Waals surface area contributed by atoms with Crippen molar-refractivity contribution in [3.63, 3.8) is 0 Å². The molecule has 2 N–H and O–H groups in total. The van der Waals surface area contributed by atoms with Crippen molar-refractivity contribution in [1.82, 2.24) is 5.32 Å². The molecule has 1 fully saturated rings. The van der Waals surface area contributed by atoms with Gasteiger partial charge in [0.15, 0.2) is 0 Å². The van der Waals surface area contributed by atoms with E-state index in [4.69, 9.17) is 16.7 Å². The molecule has 2 rings (SSSR count). The first-order valence-electron chi connectivity index (χ1n) is 6.33. The number of aliphatic carboxylic acids is 1. The molecule has 1 aromatic rings. The van der Waals surface area contributed by atoms with Crippen molar-refractivity contribution in [3.8, 4) is 0 Å². The van der Waals surface area contributed by atoms with Crippen molar-refractivity contribution in [3.05, 3.63) is 34.9 Å². The van der Waals surface area contributed by atoms with Crippen LogP contribution in [0.15, 0.2) is 24.3 Å². The van der Waals surface area contributed by atoms with Crippen LogP contribution in [0.1, 0.15) is 24.8 Å². The van der Waals surface area contributed by atoms with Crippen LogP contribution in [0.25, 0.3) is 0 Å². The Hall–Kier alpha value is -1.55. The van der Waals surface area contributed by atoms with E-state index >= 15 is 0 Å². The molecule has 0 aliphatic heterocycles. The maximum Gasteiger partial charge on any atom is 0.308 e. The zero-order chi connectivity index (χ0) is 13.8. The third-order valence-electron chi connectivity index (χ3n) is 3.43. The highest BCUT2D eigenvalue weighted by Gasteiger charge is 2.33. The first-order chi connectivity index (χ1) is 9.06. The molecule has 0 aromatic heterocycles. The Kier molecular flexibility index (Phi) is 4.43. The minimum atomic E-state index is -0.828. The molecule has 0 saturated heterocycles. The number of carboxylic acids is 1. The van der Waals surface area contributed by atoms with Crippen LogP contribution in [0.3, 0.4) is 0 Å². The van der Waals surface area contributed by atoms with E-state index in [1.54, 1.807) is 18.2 Å². The molecule has 102 valence electrons. The van der Waals surface area contributed by atoms with Gasteiger partial charge in [0.1, 0.15) is 0 Å². The van der Waals surface area contributed by atoms with Gasteiger partial charge in [-0.15, -0.1) is 0 Å². The van der Waals surface area contributed by atoms with Gasteiger partial charge >= 0.3 is 5.97 Å². The topological polar surface area (TPSA) is 66.4 Å². The summed E-state index contributed by atoms with van der Waals surface area (Å²) in [6, 6.07) is 6.87. The minimum Gasteiger partial charge on any atom is -0.481 e. The molecule has 1 aromatic carbocycles. The van der Waals surface area contributed by atoms with Crippen LogP contribution in [0.2, 0.25) is 5.02 Å². The van der Waals surface area contributed by atoms with E-state index in [2.05, 4.69) is 5.32 Å². The standard InChI is InChI=1S/C14H16ClNO3/c15-10-4-1-3-9(7-10)8-13(17)16-12-6-2-5-11(12)14(18)19/h1,3-4,7,11-12H,2,5-6,8H2,(H,16,17)(H,18,19). The number of hydrogen-bond donors (Lipinski definition) is 2. The van der Waals surface area contributed by atoms with Gasteiger partial charge in [-0.1, -0.05) is 30.2 Å². The lowest BCUT2D eigenvalue weighted by Crippen LogP contribution is -2.40. The second kappa shape index (κ2) is 6.06. The Morgan fingerprint density at radius 1 is 1.37 bits per heavy atom. The minimum absolute atomic E-state index is 0.152. The fraction of sp³-hybridized carbons (Fsp3) is 0.429. The number of nitrogens with one attached hydrogen (secondary N) is 1. The van der Waals surface area contributed by atoms with Crippen LogP contribution in [-0.4, -0.2) is 23.0 Å². The molecule has 0 spiro atoms. The number of amides is 1. The summed E-state index contributed by atoms with van der Waals surface area (Å²) < 4.78 is 0. The van der Waals surface area contributed by atoms with Crippen LogP contribution in [0.4, 0.5) is 0 Å². The molecule has 2 unspecified atom stereocenters. The summed E-state index contributed by atoms with van der Waals surface area (Å²) in [5, 5.41) is 12.5. The zero-order valence-corrected chi connectivity index (χ0v) is 11.2. The molecular weight excluding hydrogens is 266 g/mol. The van der Waals surface area contributed by atoms with Crippen LogP contribution in [0, 0.1) is 5.92 Å². The van der Waals surface area contributed by atoms with Gasteiger partial charge in [0.2, 0.25) is 5.91 Å². The smallest absolute Gasteiger partial charge is 0.308 e. The van der Waals surface area contributed by atoms with Crippen LogP contribution in [-0.2, 0) is 16.0 Å². The Morgan fingerprint density at radius 3 is 2.84 bits per heavy atom. The second-order valence-electron chi connectivity index (χ2n) is 4.86.